The zero-order chi connectivity index (χ0) is 18.0. The van der Waals surface area contributed by atoms with E-state index in [4.69, 9.17) is 0 Å². The van der Waals surface area contributed by atoms with Gasteiger partial charge < -0.3 is 14.7 Å². The molecule has 5 nitrogen and oxygen atoms in total. The largest absolute Gasteiger partial charge is 0.341 e. The molecule has 1 aromatic carbocycles. The van der Waals surface area contributed by atoms with E-state index in [0.717, 1.165) is 19.5 Å². The van der Waals surface area contributed by atoms with Crippen molar-refractivity contribution in [1.82, 2.24) is 14.7 Å². The molecule has 0 aliphatic carbocycles. The molecule has 2 amide bonds. The van der Waals surface area contributed by atoms with Gasteiger partial charge in [0.25, 0.3) is 0 Å². The number of hydrogen-bond donors (Lipinski definition) is 0. The van der Waals surface area contributed by atoms with Gasteiger partial charge in [-0.05, 0) is 50.0 Å². The number of likely N-dealkylation sites (tertiary alicyclic amines) is 1. The fourth-order valence-electron chi connectivity index (χ4n) is 3.58. The molecule has 2 aliphatic heterocycles. The molecule has 1 saturated heterocycles. The molecule has 1 fully saturated rings. The average Bonchev–Trinajstić information content (AvgIpc) is 2.99. The molecule has 136 valence electrons. The molecule has 0 spiro atoms. The van der Waals surface area contributed by atoms with E-state index in [0.29, 0.717) is 26.1 Å². The topological polar surface area (TPSA) is 43.9 Å². The molecule has 0 radical (unpaired) electrons. The van der Waals surface area contributed by atoms with Crippen LogP contribution in [0.1, 0.15) is 17.5 Å². The number of rotatable bonds is 5. The van der Waals surface area contributed by atoms with Crippen molar-refractivity contribution < 1.29 is 9.59 Å². The van der Waals surface area contributed by atoms with Gasteiger partial charge in [0.2, 0.25) is 11.8 Å². The summed E-state index contributed by atoms with van der Waals surface area (Å²) < 4.78 is 0. The van der Waals surface area contributed by atoms with Crippen LogP contribution < -0.4 is 0 Å². The van der Waals surface area contributed by atoms with E-state index in [1.165, 1.54) is 16.0 Å². The highest BCUT2D eigenvalue weighted by Gasteiger charge is 2.37. The Kier molecular flexibility index (Phi) is 5.69. The number of likely N-dealkylation sites (N-methyl/N-ethyl adjacent to an activating group) is 1. The van der Waals surface area contributed by atoms with Gasteiger partial charge in [-0.25, -0.2) is 0 Å². The molecule has 1 unspecified atom stereocenters. The van der Waals surface area contributed by atoms with E-state index in [-0.39, 0.29) is 17.7 Å². The highest BCUT2D eigenvalue weighted by atomic mass is 32.2. The van der Waals surface area contributed by atoms with E-state index in [9.17, 15) is 9.59 Å². The first-order valence-corrected chi connectivity index (χ1v) is 10.1. The minimum Gasteiger partial charge on any atom is -0.341 e. The van der Waals surface area contributed by atoms with E-state index >= 15 is 0 Å². The molecule has 6 heteroatoms. The Bertz CT molecular complexity index is 662. The Labute approximate surface area is 154 Å². The van der Waals surface area contributed by atoms with Crippen molar-refractivity contribution in [2.75, 3.05) is 46.5 Å². The van der Waals surface area contributed by atoms with Crippen LogP contribution in [0.2, 0.25) is 0 Å². The molecular weight excluding hydrogens is 334 g/mol. The lowest BCUT2D eigenvalue weighted by molar-refractivity contribution is -0.136. The van der Waals surface area contributed by atoms with Gasteiger partial charge >= 0.3 is 0 Å². The molecule has 0 aromatic heterocycles. The van der Waals surface area contributed by atoms with Gasteiger partial charge in [-0.15, -0.1) is 11.8 Å². The Morgan fingerprint density at radius 3 is 2.84 bits per heavy atom. The van der Waals surface area contributed by atoms with Gasteiger partial charge in [0.05, 0.1) is 5.92 Å². The van der Waals surface area contributed by atoms with Gasteiger partial charge in [0.15, 0.2) is 0 Å². The van der Waals surface area contributed by atoms with Crippen LogP contribution in [-0.4, -0.2) is 73.0 Å². The van der Waals surface area contributed by atoms with Crippen molar-refractivity contribution in [3.63, 3.8) is 0 Å². The van der Waals surface area contributed by atoms with Crippen molar-refractivity contribution in [3.8, 4) is 0 Å². The van der Waals surface area contributed by atoms with Crippen molar-refractivity contribution in [3.05, 3.63) is 29.3 Å². The minimum atomic E-state index is -0.179. The second-order valence-corrected chi connectivity index (χ2v) is 8.07. The molecule has 0 bridgehead atoms. The fraction of sp³-hybridized carbons (Fsp3) is 0.579. The number of amides is 2. The predicted octanol–water partition coefficient (Wildman–Crippen LogP) is 1.70. The van der Waals surface area contributed by atoms with Crippen LogP contribution in [0.5, 0.6) is 0 Å². The molecule has 0 saturated carbocycles. The normalized spacial score (nSPS) is 20.3. The number of benzene rings is 1. The maximum Gasteiger partial charge on any atom is 0.228 e. The highest BCUT2D eigenvalue weighted by molar-refractivity contribution is 7.98. The van der Waals surface area contributed by atoms with E-state index in [1.54, 1.807) is 11.8 Å². The smallest absolute Gasteiger partial charge is 0.228 e. The monoisotopic (exact) mass is 361 g/mol. The summed E-state index contributed by atoms with van der Waals surface area (Å²) in [6.45, 7) is 3.54. The standard InChI is InChI=1S/C19H27N3O2S/c1-20(2)8-9-21-13-16(11-18(21)23)19(24)22-7-6-14-10-17(25-3)5-4-15(14)12-22/h4-5,10,16H,6-9,11-13H2,1-3H3. The summed E-state index contributed by atoms with van der Waals surface area (Å²) in [7, 11) is 3.99. The zero-order valence-corrected chi connectivity index (χ0v) is 16.1. The van der Waals surface area contributed by atoms with Gasteiger partial charge in [0, 0.05) is 44.0 Å². The van der Waals surface area contributed by atoms with Crippen LogP contribution in [0, 0.1) is 5.92 Å². The van der Waals surface area contributed by atoms with Gasteiger partial charge in [-0.1, -0.05) is 6.07 Å². The first kappa shape index (κ1) is 18.3. The SMILES string of the molecule is CSc1ccc2c(c1)CCN(C(=O)C1CC(=O)N(CCN(C)C)C1)C2. The van der Waals surface area contributed by atoms with Crippen LogP contribution in [0.4, 0.5) is 0 Å². The summed E-state index contributed by atoms with van der Waals surface area (Å²) >= 11 is 1.75. The van der Waals surface area contributed by atoms with Crippen LogP contribution in [-0.2, 0) is 22.6 Å². The van der Waals surface area contributed by atoms with E-state index < -0.39 is 0 Å². The molecule has 2 heterocycles. The Morgan fingerprint density at radius 2 is 2.12 bits per heavy atom. The number of hydrogen-bond acceptors (Lipinski definition) is 4. The highest BCUT2D eigenvalue weighted by Crippen LogP contribution is 2.27. The summed E-state index contributed by atoms with van der Waals surface area (Å²) in [5.41, 5.74) is 2.59. The molecule has 0 N–H and O–H groups in total. The summed E-state index contributed by atoms with van der Waals surface area (Å²) in [5, 5.41) is 0. The van der Waals surface area contributed by atoms with Crippen molar-refractivity contribution in [1.29, 1.82) is 0 Å². The number of fused-ring (bicyclic) bond motifs is 1. The fourth-order valence-corrected chi connectivity index (χ4v) is 4.04. The quantitative estimate of drug-likeness (QED) is 0.749. The Hall–Kier alpha value is -1.53. The maximum absolute atomic E-state index is 12.9. The minimum absolute atomic E-state index is 0.113. The van der Waals surface area contributed by atoms with Gasteiger partial charge in [-0.2, -0.15) is 0 Å². The zero-order valence-electron chi connectivity index (χ0n) is 15.3. The predicted molar refractivity (Wildman–Crippen MR) is 101 cm³/mol. The molecule has 3 rings (SSSR count). The second kappa shape index (κ2) is 7.79. The Balaban J connectivity index is 1.61. The summed E-state index contributed by atoms with van der Waals surface area (Å²) in [4.78, 5) is 32.2. The van der Waals surface area contributed by atoms with Crippen molar-refractivity contribution >= 4 is 23.6 Å². The van der Waals surface area contributed by atoms with Crippen LogP contribution >= 0.6 is 11.8 Å². The van der Waals surface area contributed by atoms with Gasteiger partial charge in [0.1, 0.15) is 0 Å². The van der Waals surface area contributed by atoms with E-state index in [2.05, 4.69) is 29.4 Å². The third-order valence-electron chi connectivity index (χ3n) is 5.12. The number of nitrogens with zero attached hydrogens (tertiary/aromatic N) is 3. The lowest BCUT2D eigenvalue weighted by atomic mass is 9.98. The van der Waals surface area contributed by atoms with Gasteiger partial charge in [-0.3, -0.25) is 9.59 Å². The average molecular weight is 362 g/mol. The third kappa shape index (κ3) is 4.18. The lowest BCUT2D eigenvalue weighted by Gasteiger charge is -2.31. The number of carbonyl (C=O) groups excluding carboxylic acids is 2. The van der Waals surface area contributed by atoms with E-state index in [1.807, 2.05) is 23.9 Å². The van der Waals surface area contributed by atoms with Crippen molar-refractivity contribution in [2.45, 2.75) is 24.3 Å². The number of thioether (sulfide) groups is 1. The molecule has 1 atom stereocenters. The third-order valence-corrected chi connectivity index (χ3v) is 5.84. The van der Waals surface area contributed by atoms with Crippen LogP contribution in [0.15, 0.2) is 23.1 Å². The van der Waals surface area contributed by atoms with Crippen LogP contribution in [0.3, 0.4) is 0 Å². The molecule has 2 aliphatic rings. The Morgan fingerprint density at radius 1 is 1.32 bits per heavy atom. The molecule has 25 heavy (non-hydrogen) atoms. The molecular formula is C19H27N3O2S. The number of carbonyl (C=O) groups is 2. The van der Waals surface area contributed by atoms with Crippen LogP contribution in [0.25, 0.3) is 0 Å². The maximum atomic E-state index is 12.9. The summed E-state index contributed by atoms with van der Waals surface area (Å²) in [6.07, 6.45) is 3.35. The summed E-state index contributed by atoms with van der Waals surface area (Å²) in [5.74, 6) is 0.0733. The molecule has 1 aromatic rings. The lowest BCUT2D eigenvalue weighted by Crippen LogP contribution is -2.41. The first-order chi connectivity index (χ1) is 12.0. The van der Waals surface area contributed by atoms with Crippen molar-refractivity contribution in [2.24, 2.45) is 5.92 Å². The summed E-state index contributed by atoms with van der Waals surface area (Å²) in [6, 6.07) is 6.51. The first-order valence-electron chi connectivity index (χ1n) is 8.85. The second-order valence-electron chi connectivity index (χ2n) is 7.19.